The molecule has 1 N–H and O–H groups in total. The normalized spacial score (nSPS) is 17.2. The largest absolute Gasteiger partial charge is 0.372 e. The van der Waals surface area contributed by atoms with Crippen molar-refractivity contribution in [1.82, 2.24) is 14.5 Å². The van der Waals surface area contributed by atoms with Crippen molar-refractivity contribution in [1.29, 1.82) is 0 Å². The van der Waals surface area contributed by atoms with Crippen molar-refractivity contribution in [2.75, 3.05) is 18.0 Å². The second-order valence-corrected chi connectivity index (χ2v) is 8.68. The lowest BCUT2D eigenvalue weighted by Crippen LogP contribution is -2.27. The summed E-state index contributed by atoms with van der Waals surface area (Å²) in [5.74, 6) is 0.442. The molecule has 0 aliphatic carbocycles. The molecular formula is C20H24N4O2S. The van der Waals surface area contributed by atoms with E-state index in [2.05, 4.69) is 14.7 Å². The van der Waals surface area contributed by atoms with Gasteiger partial charge in [-0.1, -0.05) is 12.2 Å². The molecule has 0 bridgehead atoms. The Morgan fingerprint density at radius 1 is 1.11 bits per heavy atom. The molecule has 27 heavy (non-hydrogen) atoms. The number of allylic oxidation sites excluding steroid dienone is 3. The van der Waals surface area contributed by atoms with Gasteiger partial charge in [-0.3, -0.25) is 4.72 Å². The molecule has 1 fully saturated rings. The van der Waals surface area contributed by atoms with E-state index in [9.17, 15) is 8.42 Å². The number of sulfonamides is 1. The zero-order valence-electron chi connectivity index (χ0n) is 15.4. The first-order valence-corrected chi connectivity index (χ1v) is 10.8. The minimum absolute atomic E-state index is 0.253. The summed E-state index contributed by atoms with van der Waals surface area (Å²) in [6, 6.07) is 9.10. The maximum Gasteiger partial charge on any atom is 0.263 e. The van der Waals surface area contributed by atoms with Gasteiger partial charge < -0.3 is 4.90 Å². The van der Waals surface area contributed by atoms with Gasteiger partial charge in [0.05, 0.1) is 10.6 Å². The van der Waals surface area contributed by atoms with Gasteiger partial charge in [0.25, 0.3) is 10.0 Å². The van der Waals surface area contributed by atoms with E-state index in [1.54, 1.807) is 22.9 Å². The average Bonchev–Trinajstić information content (AvgIpc) is 3.29. The molecule has 0 amide bonds. The minimum Gasteiger partial charge on any atom is -0.372 e. The lowest BCUT2D eigenvalue weighted by atomic mass is 10.2. The first kappa shape index (κ1) is 17.9. The Hall–Kier alpha value is -2.54. The van der Waals surface area contributed by atoms with Gasteiger partial charge in [-0.05, 0) is 69.0 Å². The van der Waals surface area contributed by atoms with Crippen LogP contribution in [0.4, 0.5) is 5.69 Å². The average molecular weight is 385 g/mol. The topological polar surface area (TPSA) is 67.2 Å². The SMILES string of the molecule is Cc1cc2n(n1)C(NS(=O)(=O)c1ccc(N3CCCC3)cc1)=CC=CCC2. The van der Waals surface area contributed by atoms with Crippen LogP contribution in [0.2, 0.25) is 0 Å². The zero-order chi connectivity index (χ0) is 18.9. The van der Waals surface area contributed by atoms with Crippen LogP contribution in [0.5, 0.6) is 0 Å². The summed E-state index contributed by atoms with van der Waals surface area (Å²) in [5.41, 5.74) is 2.94. The maximum atomic E-state index is 12.9. The van der Waals surface area contributed by atoms with Gasteiger partial charge in [-0.15, -0.1) is 0 Å². The van der Waals surface area contributed by atoms with E-state index < -0.39 is 10.0 Å². The van der Waals surface area contributed by atoms with Crippen LogP contribution in [0, 0.1) is 6.92 Å². The van der Waals surface area contributed by atoms with Crippen molar-refractivity contribution in [3.8, 4) is 0 Å². The first-order chi connectivity index (χ1) is 13.0. The number of nitrogens with one attached hydrogen (secondary N) is 1. The van der Waals surface area contributed by atoms with Crippen LogP contribution in [-0.2, 0) is 16.4 Å². The summed E-state index contributed by atoms with van der Waals surface area (Å²) in [5, 5.41) is 4.46. The molecule has 4 rings (SSSR count). The van der Waals surface area contributed by atoms with E-state index in [1.165, 1.54) is 12.8 Å². The molecule has 2 aliphatic rings. The molecule has 142 valence electrons. The van der Waals surface area contributed by atoms with Crippen LogP contribution in [0.3, 0.4) is 0 Å². The Kier molecular flexibility index (Phi) is 4.78. The van der Waals surface area contributed by atoms with Crippen LogP contribution in [0.15, 0.2) is 53.5 Å². The third kappa shape index (κ3) is 3.78. The lowest BCUT2D eigenvalue weighted by Gasteiger charge is -2.18. The van der Waals surface area contributed by atoms with Crippen molar-refractivity contribution in [3.63, 3.8) is 0 Å². The Morgan fingerprint density at radius 3 is 2.59 bits per heavy atom. The van der Waals surface area contributed by atoms with Gasteiger partial charge in [0.1, 0.15) is 5.82 Å². The number of hydrogen-bond donors (Lipinski definition) is 1. The Balaban J connectivity index is 1.60. The lowest BCUT2D eigenvalue weighted by molar-refractivity contribution is 0.589. The summed E-state index contributed by atoms with van der Waals surface area (Å²) in [7, 11) is -3.69. The van der Waals surface area contributed by atoms with Crippen molar-refractivity contribution in [3.05, 3.63) is 59.9 Å². The Bertz CT molecular complexity index is 981. The van der Waals surface area contributed by atoms with Crippen LogP contribution in [-0.4, -0.2) is 31.3 Å². The van der Waals surface area contributed by atoms with Crippen molar-refractivity contribution >= 4 is 21.5 Å². The van der Waals surface area contributed by atoms with Crippen molar-refractivity contribution < 1.29 is 8.42 Å². The third-order valence-corrected chi connectivity index (χ3v) is 6.32. The van der Waals surface area contributed by atoms with Crippen molar-refractivity contribution in [2.24, 2.45) is 0 Å². The van der Waals surface area contributed by atoms with Crippen LogP contribution in [0.25, 0.3) is 5.82 Å². The Labute approximate surface area is 160 Å². The summed E-state index contributed by atoms with van der Waals surface area (Å²) in [6.45, 7) is 3.98. The molecular weight excluding hydrogens is 360 g/mol. The fourth-order valence-electron chi connectivity index (χ4n) is 3.58. The number of aryl methyl sites for hydroxylation is 2. The summed E-state index contributed by atoms with van der Waals surface area (Å²) < 4.78 is 30.2. The highest BCUT2D eigenvalue weighted by Gasteiger charge is 2.20. The number of fused-ring (bicyclic) bond motifs is 1. The minimum atomic E-state index is -3.69. The van der Waals surface area contributed by atoms with E-state index in [1.807, 2.05) is 37.3 Å². The molecule has 1 saturated heterocycles. The molecule has 6 nitrogen and oxygen atoms in total. The molecule has 1 aromatic carbocycles. The molecule has 1 aromatic heterocycles. The number of nitrogens with zero attached hydrogens (tertiary/aromatic N) is 3. The number of benzene rings is 1. The second-order valence-electron chi connectivity index (χ2n) is 7.00. The predicted molar refractivity (Wildman–Crippen MR) is 107 cm³/mol. The van der Waals surface area contributed by atoms with Gasteiger partial charge in [0.2, 0.25) is 0 Å². The molecule has 0 saturated carbocycles. The molecule has 3 heterocycles. The van der Waals surface area contributed by atoms with E-state index in [4.69, 9.17) is 0 Å². The molecule has 0 atom stereocenters. The number of anilines is 1. The van der Waals surface area contributed by atoms with E-state index >= 15 is 0 Å². The quantitative estimate of drug-likeness (QED) is 0.880. The van der Waals surface area contributed by atoms with Gasteiger partial charge in [-0.25, -0.2) is 13.1 Å². The fraction of sp³-hybridized carbons (Fsp3) is 0.350. The molecule has 0 radical (unpaired) electrons. The van der Waals surface area contributed by atoms with E-state index in [0.717, 1.165) is 43.0 Å². The maximum absolute atomic E-state index is 12.9. The van der Waals surface area contributed by atoms with E-state index in [0.29, 0.717) is 5.82 Å². The Morgan fingerprint density at radius 2 is 1.85 bits per heavy atom. The van der Waals surface area contributed by atoms with E-state index in [-0.39, 0.29) is 4.90 Å². The molecule has 0 unspecified atom stereocenters. The van der Waals surface area contributed by atoms with Gasteiger partial charge in [0, 0.05) is 24.5 Å². The number of hydrogen-bond acceptors (Lipinski definition) is 4. The molecule has 0 spiro atoms. The molecule has 2 aliphatic heterocycles. The van der Waals surface area contributed by atoms with Crippen LogP contribution < -0.4 is 9.62 Å². The van der Waals surface area contributed by atoms with Crippen molar-refractivity contribution in [2.45, 2.75) is 37.5 Å². The molecule has 2 aromatic rings. The van der Waals surface area contributed by atoms with Crippen LogP contribution in [0.1, 0.15) is 30.7 Å². The highest BCUT2D eigenvalue weighted by Crippen LogP contribution is 2.23. The monoisotopic (exact) mass is 384 g/mol. The van der Waals surface area contributed by atoms with Gasteiger partial charge in [-0.2, -0.15) is 5.10 Å². The second kappa shape index (κ2) is 7.23. The molecule has 7 heteroatoms. The van der Waals surface area contributed by atoms with Gasteiger partial charge >= 0.3 is 0 Å². The smallest absolute Gasteiger partial charge is 0.263 e. The summed E-state index contributed by atoms with van der Waals surface area (Å²) in [6.07, 6.45) is 9.76. The fourth-order valence-corrected chi connectivity index (χ4v) is 4.62. The standard InChI is InChI=1S/C20H24N4O2S/c1-16-15-18-7-3-2-4-8-20(24(18)21-16)22-27(25,26)19-11-9-17(10-12-19)23-13-5-6-14-23/h2,4,8-12,15,22H,3,5-7,13-14H2,1H3. The first-order valence-electron chi connectivity index (χ1n) is 9.33. The number of aromatic nitrogens is 2. The van der Waals surface area contributed by atoms with Gasteiger partial charge in [0.15, 0.2) is 0 Å². The summed E-state index contributed by atoms with van der Waals surface area (Å²) >= 11 is 0. The number of rotatable bonds is 4. The third-order valence-electron chi connectivity index (χ3n) is 4.95. The highest BCUT2D eigenvalue weighted by atomic mass is 32.2. The predicted octanol–water partition coefficient (Wildman–Crippen LogP) is 3.07. The van der Waals surface area contributed by atoms with Crippen LogP contribution >= 0.6 is 0 Å². The highest BCUT2D eigenvalue weighted by molar-refractivity contribution is 7.89. The summed E-state index contributed by atoms with van der Waals surface area (Å²) in [4.78, 5) is 2.54. The zero-order valence-corrected chi connectivity index (χ0v) is 16.2.